The number of likely N-dealkylation sites (tertiary alicyclic amines) is 1. The molecule has 1 aromatic heterocycles. The Labute approximate surface area is 227 Å². The Morgan fingerprint density at radius 2 is 1.68 bits per heavy atom. The first kappa shape index (κ1) is 27.1. The highest BCUT2D eigenvalue weighted by molar-refractivity contribution is 7.98. The number of nitrogens with zero attached hydrogens (tertiary/aromatic N) is 5. The zero-order valence-electron chi connectivity index (χ0n) is 21.9. The van der Waals surface area contributed by atoms with Crippen molar-refractivity contribution in [3.8, 4) is 11.5 Å². The molecule has 0 N–H and O–H groups in total. The molecule has 0 saturated carbocycles. The third-order valence-corrected chi connectivity index (χ3v) is 8.54. The SMILES string of the molecule is CC.FC(F)c1nnc(-c2ccc(CN(SN3CCC4(CC3)CN(C3COC3)C4)c3ccccc3)cc2)o1. The number of alkyl halides is 2. The van der Waals surface area contributed by atoms with Crippen LogP contribution in [0, 0.1) is 5.41 Å². The number of ether oxygens (including phenoxy) is 1. The Morgan fingerprint density at radius 1 is 1.00 bits per heavy atom. The van der Waals surface area contributed by atoms with Gasteiger partial charge in [-0.2, -0.15) is 8.78 Å². The molecule has 4 heterocycles. The molecule has 3 aromatic rings. The van der Waals surface area contributed by atoms with Gasteiger partial charge in [0.2, 0.25) is 5.89 Å². The average Bonchev–Trinajstić information content (AvgIpc) is 3.41. The van der Waals surface area contributed by atoms with Gasteiger partial charge in [-0.1, -0.05) is 44.2 Å². The molecule has 7 nitrogen and oxygen atoms in total. The summed E-state index contributed by atoms with van der Waals surface area (Å²) >= 11 is 1.79. The zero-order valence-corrected chi connectivity index (χ0v) is 22.7. The highest BCUT2D eigenvalue weighted by Crippen LogP contribution is 2.44. The molecule has 6 rings (SSSR count). The molecule has 0 radical (unpaired) electrons. The van der Waals surface area contributed by atoms with Crippen molar-refractivity contribution in [2.75, 3.05) is 43.7 Å². The fraction of sp³-hybridized carbons (Fsp3) is 0.500. The second-order valence-corrected chi connectivity index (χ2v) is 11.0. The fourth-order valence-corrected chi connectivity index (χ4v) is 6.17. The van der Waals surface area contributed by atoms with Crippen LogP contribution < -0.4 is 4.31 Å². The van der Waals surface area contributed by atoms with E-state index in [4.69, 9.17) is 9.15 Å². The van der Waals surface area contributed by atoms with E-state index in [2.05, 4.69) is 48.0 Å². The lowest BCUT2D eigenvalue weighted by molar-refractivity contribution is -0.140. The lowest BCUT2D eigenvalue weighted by Crippen LogP contribution is -2.66. The standard InChI is InChI=1S/C26H29F2N5O2S.C2H6/c27-23(28)25-30-29-24(35-25)20-8-6-19(7-9-20)14-33(21-4-2-1-3-5-21)36-32-12-10-26(11-13-32)17-31(18-26)22-15-34-16-22;1-2/h1-9,22-23H,10-18H2;1-2H3. The number of benzene rings is 2. The first-order valence-electron chi connectivity index (χ1n) is 13.4. The summed E-state index contributed by atoms with van der Waals surface area (Å²) in [6.45, 7) is 11.1. The molecule has 204 valence electrons. The quantitative estimate of drug-likeness (QED) is 0.318. The van der Waals surface area contributed by atoms with Crippen molar-refractivity contribution in [2.45, 2.75) is 45.7 Å². The monoisotopic (exact) mass is 543 g/mol. The highest BCUT2D eigenvalue weighted by Gasteiger charge is 2.48. The van der Waals surface area contributed by atoms with Gasteiger partial charge in [0.1, 0.15) is 0 Å². The van der Waals surface area contributed by atoms with Gasteiger partial charge in [-0.25, -0.2) is 4.31 Å². The Morgan fingerprint density at radius 3 is 2.26 bits per heavy atom. The molecule has 0 unspecified atom stereocenters. The molecule has 0 atom stereocenters. The van der Waals surface area contributed by atoms with Crippen molar-refractivity contribution in [1.82, 2.24) is 19.4 Å². The van der Waals surface area contributed by atoms with Gasteiger partial charge in [-0.05, 0) is 48.1 Å². The van der Waals surface area contributed by atoms with Crippen molar-refractivity contribution in [3.05, 3.63) is 66.1 Å². The van der Waals surface area contributed by atoms with E-state index in [-0.39, 0.29) is 5.89 Å². The summed E-state index contributed by atoms with van der Waals surface area (Å²) in [6, 6.07) is 18.7. The van der Waals surface area contributed by atoms with Crippen LogP contribution in [-0.4, -0.2) is 64.8 Å². The molecule has 3 aliphatic heterocycles. The summed E-state index contributed by atoms with van der Waals surface area (Å²) in [5.41, 5.74) is 3.36. The van der Waals surface area contributed by atoms with Crippen molar-refractivity contribution < 1.29 is 17.9 Å². The molecule has 10 heteroatoms. The molecule has 3 fully saturated rings. The second kappa shape index (κ2) is 12.1. The summed E-state index contributed by atoms with van der Waals surface area (Å²) < 4.78 is 40.8. The van der Waals surface area contributed by atoms with Gasteiger partial charge in [-0.15, -0.1) is 10.2 Å². The molecule has 0 aliphatic carbocycles. The summed E-state index contributed by atoms with van der Waals surface area (Å²) in [7, 11) is 0. The minimum absolute atomic E-state index is 0.104. The predicted octanol–water partition coefficient (Wildman–Crippen LogP) is 6.07. The van der Waals surface area contributed by atoms with E-state index >= 15 is 0 Å². The summed E-state index contributed by atoms with van der Waals surface area (Å²) in [4.78, 5) is 2.59. The molecule has 0 amide bonds. The molecular weight excluding hydrogens is 508 g/mol. The third kappa shape index (κ3) is 6.03. The average molecular weight is 544 g/mol. The number of anilines is 1. The minimum atomic E-state index is -2.77. The van der Waals surface area contributed by atoms with Gasteiger partial charge < -0.3 is 9.15 Å². The Balaban J connectivity index is 0.00000144. The second-order valence-electron chi connectivity index (χ2n) is 9.92. The van der Waals surface area contributed by atoms with Gasteiger partial charge in [0, 0.05) is 49.6 Å². The molecule has 38 heavy (non-hydrogen) atoms. The summed E-state index contributed by atoms with van der Waals surface area (Å²) in [5, 5.41) is 7.16. The van der Waals surface area contributed by atoms with Crippen molar-refractivity contribution in [1.29, 1.82) is 0 Å². The van der Waals surface area contributed by atoms with Crippen LogP contribution in [0.5, 0.6) is 0 Å². The summed E-state index contributed by atoms with van der Waals surface area (Å²) in [5.74, 6) is -0.552. The molecule has 3 saturated heterocycles. The first-order chi connectivity index (χ1) is 18.6. The maximum Gasteiger partial charge on any atom is 0.314 e. The molecule has 0 bridgehead atoms. The van der Waals surface area contributed by atoms with Gasteiger partial charge >= 0.3 is 6.43 Å². The van der Waals surface area contributed by atoms with Crippen LogP contribution in [0.1, 0.15) is 44.6 Å². The van der Waals surface area contributed by atoms with E-state index in [1.54, 1.807) is 12.1 Å². The maximum atomic E-state index is 12.8. The third-order valence-electron chi connectivity index (χ3n) is 7.41. The van der Waals surface area contributed by atoms with Crippen LogP contribution >= 0.6 is 12.1 Å². The van der Waals surface area contributed by atoms with Crippen LogP contribution in [0.2, 0.25) is 0 Å². The van der Waals surface area contributed by atoms with Crippen molar-refractivity contribution >= 4 is 17.8 Å². The molecule has 2 aromatic carbocycles. The van der Waals surface area contributed by atoms with E-state index in [0.717, 1.165) is 37.6 Å². The van der Waals surface area contributed by atoms with E-state index in [9.17, 15) is 8.78 Å². The molecule has 3 aliphatic rings. The first-order valence-corrected chi connectivity index (χ1v) is 14.1. The normalized spacial score (nSPS) is 19.5. The topological polar surface area (TPSA) is 57.9 Å². The Bertz CT molecular complexity index is 1140. The van der Waals surface area contributed by atoms with Gasteiger partial charge in [0.15, 0.2) is 0 Å². The summed E-state index contributed by atoms with van der Waals surface area (Å²) in [6.07, 6.45) is -0.314. The number of hydrogen-bond acceptors (Lipinski definition) is 8. The van der Waals surface area contributed by atoms with E-state index in [1.807, 2.05) is 44.2 Å². The largest absolute Gasteiger partial charge is 0.415 e. The number of piperidine rings is 1. The van der Waals surface area contributed by atoms with Gasteiger partial charge in [-0.3, -0.25) is 9.21 Å². The van der Waals surface area contributed by atoms with E-state index in [1.165, 1.54) is 25.9 Å². The Hall–Kier alpha value is -2.53. The lowest BCUT2D eigenvalue weighted by atomic mass is 9.71. The number of hydrogen-bond donors (Lipinski definition) is 0. The maximum absolute atomic E-state index is 12.8. The van der Waals surface area contributed by atoms with Gasteiger partial charge in [0.25, 0.3) is 5.89 Å². The number of rotatable bonds is 8. The number of aromatic nitrogens is 2. The van der Waals surface area contributed by atoms with Crippen LogP contribution in [0.4, 0.5) is 14.5 Å². The predicted molar refractivity (Wildman–Crippen MR) is 146 cm³/mol. The van der Waals surface area contributed by atoms with Crippen molar-refractivity contribution in [3.63, 3.8) is 0 Å². The highest BCUT2D eigenvalue weighted by atomic mass is 32.2. The van der Waals surface area contributed by atoms with Crippen molar-refractivity contribution in [2.24, 2.45) is 5.41 Å². The number of halogens is 2. The zero-order chi connectivity index (χ0) is 26.5. The molecular formula is C28H35F2N5O2S. The fourth-order valence-electron chi connectivity index (χ4n) is 5.12. The van der Waals surface area contributed by atoms with E-state index in [0.29, 0.717) is 23.6 Å². The van der Waals surface area contributed by atoms with Crippen LogP contribution in [0.3, 0.4) is 0 Å². The Kier molecular flexibility index (Phi) is 8.62. The van der Waals surface area contributed by atoms with Gasteiger partial charge in [0.05, 0.1) is 25.8 Å². The van der Waals surface area contributed by atoms with Crippen LogP contribution in [0.25, 0.3) is 11.5 Å². The number of para-hydroxylation sites is 1. The molecule has 1 spiro atoms. The smallest absolute Gasteiger partial charge is 0.314 e. The van der Waals surface area contributed by atoms with Crippen LogP contribution in [-0.2, 0) is 11.3 Å². The van der Waals surface area contributed by atoms with Crippen LogP contribution in [0.15, 0.2) is 59.0 Å². The lowest BCUT2D eigenvalue weighted by Gasteiger charge is -2.57. The minimum Gasteiger partial charge on any atom is -0.415 e. The van der Waals surface area contributed by atoms with E-state index < -0.39 is 12.3 Å².